The van der Waals surface area contributed by atoms with Crippen LogP contribution in [0.25, 0.3) is 27.3 Å². The van der Waals surface area contributed by atoms with Crippen LogP contribution in [0.4, 0.5) is 5.69 Å². The summed E-state index contributed by atoms with van der Waals surface area (Å²) in [5.74, 6) is 0.407. The molecule has 0 spiro atoms. The van der Waals surface area contributed by atoms with Crippen LogP contribution in [0.2, 0.25) is 0 Å². The molecule has 2 aliphatic rings. The van der Waals surface area contributed by atoms with Crippen molar-refractivity contribution in [2.24, 2.45) is 11.8 Å². The number of esters is 1. The summed E-state index contributed by atoms with van der Waals surface area (Å²) < 4.78 is 6.93. The second-order valence-corrected chi connectivity index (χ2v) is 12.3. The Morgan fingerprint density at radius 2 is 1.71 bits per heavy atom. The van der Waals surface area contributed by atoms with Gasteiger partial charge in [-0.1, -0.05) is 31.2 Å². The minimum absolute atomic E-state index is 0.0709. The Morgan fingerprint density at radius 3 is 2.39 bits per heavy atom. The first-order valence-electron chi connectivity index (χ1n) is 14.4. The monoisotopic (exact) mass is 570 g/mol. The first-order chi connectivity index (χ1) is 19.9. The first-order valence-corrected chi connectivity index (χ1v) is 15.2. The van der Waals surface area contributed by atoms with Crippen LogP contribution in [0.15, 0.2) is 54.9 Å². The maximum Gasteiger partial charge on any atom is 0.350 e. The number of amides is 1. The third-order valence-corrected chi connectivity index (χ3v) is 9.68. The van der Waals surface area contributed by atoms with Crippen molar-refractivity contribution in [2.75, 3.05) is 12.0 Å². The van der Waals surface area contributed by atoms with Crippen molar-refractivity contribution >= 4 is 40.3 Å². The average Bonchev–Trinajstić information content (AvgIpc) is 3.63. The number of rotatable bonds is 6. The number of aromatic nitrogens is 3. The molecule has 3 aromatic heterocycles. The molecule has 2 aliphatic carbocycles. The molecule has 4 aromatic rings. The lowest BCUT2D eigenvalue weighted by Crippen LogP contribution is -2.46. The molecule has 41 heavy (non-hydrogen) atoms. The van der Waals surface area contributed by atoms with Gasteiger partial charge in [0.05, 0.1) is 18.5 Å². The summed E-state index contributed by atoms with van der Waals surface area (Å²) in [4.78, 5) is 46.8. The van der Waals surface area contributed by atoms with Crippen molar-refractivity contribution < 1.29 is 19.1 Å². The van der Waals surface area contributed by atoms with Crippen LogP contribution in [0.3, 0.4) is 0 Å². The standard InChI is InChI=1S/C32H34N4O4S/c1-20-4-6-23(7-5-20)31(38)36(24-12-14-25(37)15-13-24)27-19-28(41-30(27)32(39)40-2)22-10-8-21(9-11-22)26-18-29-33-16-3-17-35(29)34-26/h3,8-11,16-20,23-24H,4-7,12-15H2,1-2H3/t20-,23-. The molecule has 9 heteroatoms. The van der Waals surface area contributed by atoms with E-state index in [0.717, 1.165) is 53.0 Å². The molecule has 0 bridgehead atoms. The SMILES string of the molecule is COC(=O)c1sc(-c2ccc(-c3cc4ncccn4n3)cc2)cc1N(C(=O)[C@H]1CC[C@H](C)CC1)C1CCC(=O)CC1. The highest BCUT2D eigenvalue weighted by Crippen LogP contribution is 2.42. The van der Waals surface area contributed by atoms with Crippen molar-refractivity contribution in [1.29, 1.82) is 0 Å². The van der Waals surface area contributed by atoms with Gasteiger partial charge in [0, 0.05) is 53.7 Å². The number of ketones is 1. The van der Waals surface area contributed by atoms with Crippen molar-refractivity contribution in [3.05, 3.63) is 59.7 Å². The minimum atomic E-state index is -0.452. The zero-order chi connectivity index (χ0) is 28.5. The molecule has 0 saturated heterocycles. The first kappa shape index (κ1) is 27.3. The Hall–Kier alpha value is -3.85. The van der Waals surface area contributed by atoms with E-state index in [1.165, 1.54) is 18.4 Å². The average molecular weight is 571 g/mol. The number of methoxy groups -OCH3 is 1. The number of hydrogen-bond donors (Lipinski definition) is 0. The number of nitrogens with zero attached hydrogens (tertiary/aromatic N) is 4. The molecule has 1 amide bonds. The van der Waals surface area contributed by atoms with Crippen molar-refractivity contribution in [1.82, 2.24) is 14.6 Å². The molecule has 2 saturated carbocycles. The molecular weight excluding hydrogens is 536 g/mol. The predicted octanol–water partition coefficient (Wildman–Crippen LogP) is 6.58. The second kappa shape index (κ2) is 11.6. The quantitative estimate of drug-likeness (QED) is 0.243. The van der Waals surface area contributed by atoms with Gasteiger partial charge in [0.1, 0.15) is 10.7 Å². The van der Waals surface area contributed by atoms with Gasteiger partial charge in [0.15, 0.2) is 5.65 Å². The number of carbonyl (C=O) groups is 3. The number of anilines is 1. The molecule has 3 heterocycles. The highest BCUT2D eigenvalue weighted by atomic mass is 32.1. The molecule has 0 aliphatic heterocycles. The van der Waals surface area contributed by atoms with E-state index >= 15 is 0 Å². The zero-order valence-electron chi connectivity index (χ0n) is 23.4. The normalized spacial score (nSPS) is 19.8. The number of ether oxygens (including phenoxy) is 1. The van der Waals surface area contributed by atoms with Crippen LogP contribution in [-0.2, 0) is 14.3 Å². The summed E-state index contributed by atoms with van der Waals surface area (Å²) >= 11 is 1.34. The summed E-state index contributed by atoms with van der Waals surface area (Å²) in [6.07, 6.45) is 9.52. The molecule has 0 radical (unpaired) electrons. The second-order valence-electron chi connectivity index (χ2n) is 11.3. The summed E-state index contributed by atoms with van der Waals surface area (Å²) in [6.45, 7) is 2.24. The number of fused-ring (bicyclic) bond motifs is 1. The third kappa shape index (κ3) is 5.55. The van der Waals surface area contributed by atoms with Crippen molar-refractivity contribution in [3.63, 3.8) is 0 Å². The van der Waals surface area contributed by atoms with E-state index in [4.69, 9.17) is 4.74 Å². The fourth-order valence-electron chi connectivity index (χ4n) is 6.10. The van der Waals surface area contributed by atoms with E-state index in [1.54, 1.807) is 10.7 Å². The highest BCUT2D eigenvalue weighted by molar-refractivity contribution is 7.18. The fourth-order valence-corrected chi connectivity index (χ4v) is 7.17. The van der Waals surface area contributed by atoms with Crippen LogP contribution in [0, 0.1) is 11.8 Å². The van der Waals surface area contributed by atoms with E-state index in [9.17, 15) is 14.4 Å². The minimum Gasteiger partial charge on any atom is -0.465 e. The summed E-state index contributed by atoms with van der Waals surface area (Å²) in [5.41, 5.74) is 4.10. The van der Waals surface area contributed by atoms with E-state index in [-0.39, 0.29) is 23.7 Å². The number of hydrogen-bond acceptors (Lipinski definition) is 7. The van der Waals surface area contributed by atoms with Crippen LogP contribution in [0.5, 0.6) is 0 Å². The van der Waals surface area contributed by atoms with Crippen molar-refractivity contribution in [3.8, 4) is 21.7 Å². The Balaban J connectivity index is 1.36. The molecule has 2 fully saturated rings. The van der Waals surface area contributed by atoms with Crippen LogP contribution >= 0.6 is 11.3 Å². The van der Waals surface area contributed by atoms with Crippen LogP contribution in [0.1, 0.15) is 68.0 Å². The summed E-state index contributed by atoms with van der Waals surface area (Å²) in [7, 11) is 1.37. The Morgan fingerprint density at radius 1 is 1.00 bits per heavy atom. The largest absolute Gasteiger partial charge is 0.465 e. The van der Waals surface area contributed by atoms with Gasteiger partial charge in [-0.25, -0.2) is 14.3 Å². The molecule has 8 nitrogen and oxygen atoms in total. The third-order valence-electron chi connectivity index (χ3n) is 8.52. The van der Waals surface area contributed by atoms with Gasteiger partial charge in [-0.15, -0.1) is 11.3 Å². The molecular formula is C32H34N4O4S. The van der Waals surface area contributed by atoms with Gasteiger partial charge in [0.2, 0.25) is 5.91 Å². The number of carbonyl (C=O) groups excluding carboxylic acids is 3. The molecule has 0 atom stereocenters. The Kier molecular flexibility index (Phi) is 7.71. The van der Waals surface area contributed by atoms with E-state index in [2.05, 4.69) is 17.0 Å². The summed E-state index contributed by atoms with van der Waals surface area (Å²) in [6, 6.07) is 13.7. The maximum absolute atomic E-state index is 14.2. The molecule has 212 valence electrons. The van der Waals surface area contributed by atoms with Crippen LogP contribution in [-0.4, -0.2) is 45.4 Å². The topological polar surface area (TPSA) is 93.9 Å². The van der Waals surface area contributed by atoms with E-state index in [1.807, 2.05) is 53.6 Å². The van der Waals surface area contributed by atoms with Crippen LogP contribution < -0.4 is 4.90 Å². The fraction of sp³-hybridized carbons (Fsp3) is 0.406. The smallest absolute Gasteiger partial charge is 0.350 e. The molecule has 0 unspecified atom stereocenters. The van der Waals surface area contributed by atoms with Gasteiger partial charge in [-0.3, -0.25) is 9.59 Å². The molecule has 1 aromatic carbocycles. The van der Waals surface area contributed by atoms with E-state index in [0.29, 0.717) is 42.2 Å². The van der Waals surface area contributed by atoms with Gasteiger partial charge in [-0.05, 0) is 62.1 Å². The van der Waals surface area contributed by atoms with E-state index < -0.39 is 5.97 Å². The zero-order valence-corrected chi connectivity index (χ0v) is 24.2. The Bertz CT molecular complexity index is 1540. The lowest BCUT2D eigenvalue weighted by molar-refractivity contribution is -0.125. The number of thiophene rings is 1. The van der Waals surface area contributed by atoms with Gasteiger partial charge < -0.3 is 9.64 Å². The number of benzene rings is 1. The summed E-state index contributed by atoms with van der Waals surface area (Å²) in [5, 5.41) is 4.61. The van der Waals surface area contributed by atoms with Gasteiger partial charge in [0.25, 0.3) is 0 Å². The van der Waals surface area contributed by atoms with Crippen molar-refractivity contribution in [2.45, 2.75) is 64.3 Å². The molecule has 6 rings (SSSR count). The lowest BCUT2D eigenvalue weighted by Gasteiger charge is -2.37. The van der Waals surface area contributed by atoms with Gasteiger partial charge >= 0.3 is 5.97 Å². The molecule has 0 N–H and O–H groups in total. The Labute approximate surface area is 243 Å². The highest BCUT2D eigenvalue weighted by Gasteiger charge is 2.37. The lowest BCUT2D eigenvalue weighted by atomic mass is 9.81. The number of Topliss-reactive ketones (excluding diaryl/α,β-unsaturated/α-hetero) is 1. The maximum atomic E-state index is 14.2. The predicted molar refractivity (Wildman–Crippen MR) is 159 cm³/mol. The van der Waals surface area contributed by atoms with Gasteiger partial charge in [-0.2, -0.15) is 5.10 Å².